The normalized spacial score (nSPS) is 16.4. The van der Waals surface area contributed by atoms with Gasteiger partial charge in [-0.05, 0) is 18.6 Å². The Bertz CT molecular complexity index is 403. The third-order valence-electron chi connectivity index (χ3n) is 2.82. The van der Waals surface area contributed by atoms with Crippen molar-refractivity contribution >= 4 is 12.0 Å². The van der Waals surface area contributed by atoms with Gasteiger partial charge in [0.05, 0.1) is 13.2 Å². The van der Waals surface area contributed by atoms with E-state index in [1.165, 1.54) is 5.56 Å². The topological polar surface area (TPSA) is 29.5 Å². The molecule has 1 aromatic carbocycles. The highest BCUT2D eigenvalue weighted by Crippen LogP contribution is 2.06. The van der Waals surface area contributed by atoms with E-state index in [1.54, 1.807) is 6.08 Å². The van der Waals surface area contributed by atoms with E-state index in [2.05, 4.69) is 0 Å². The Hall–Kier alpha value is -1.61. The summed E-state index contributed by atoms with van der Waals surface area (Å²) in [4.78, 5) is 13.6. The van der Waals surface area contributed by atoms with E-state index in [0.717, 1.165) is 5.56 Å². The minimum absolute atomic E-state index is 0.0638. The SMILES string of the molecule is Cc1ccc(C=CC(=O)N2CCOCC2)cc1. The maximum Gasteiger partial charge on any atom is 0.246 e. The Balaban J connectivity index is 1.95. The second-order valence-corrected chi connectivity index (χ2v) is 4.18. The largest absolute Gasteiger partial charge is 0.378 e. The molecule has 0 aliphatic carbocycles. The first-order valence-electron chi connectivity index (χ1n) is 5.87. The van der Waals surface area contributed by atoms with Gasteiger partial charge >= 0.3 is 0 Å². The Morgan fingerprint density at radius 3 is 2.53 bits per heavy atom. The van der Waals surface area contributed by atoms with Crippen molar-refractivity contribution in [3.05, 3.63) is 41.5 Å². The molecule has 0 unspecified atom stereocenters. The highest BCUT2D eigenvalue weighted by molar-refractivity contribution is 5.91. The number of carbonyl (C=O) groups is 1. The van der Waals surface area contributed by atoms with E-state index in [1.807, 2.05) is 42.2 Å². The first-order valence-corrected chi connectivity index (χ1v) is 5.87. The number of hydrogen-bond acceptors (Lipinski definition) is 2. The van der Waals surface area contributed by atoms with E-state index < -0.39 is 0 Å². The zero-order valence-electron chi connectivity index (χ0n) is 10.1. The monoisotopic (exact) mass is 231 g/mol. The van der Waals surface area contributed by atoms with Gasteiger partial charge in [0.2, 0.25) is 5.91 Å². The molecule has 0 aromatic heterocycles. The summed E-state index contributed by atoms with van der Waals surface area (Å²) < 4.78 is 5.21. The second-order valence-electron chi connectivity index (χ2n) is 4.18. The number of carbonyl (C=O) groups excluding carboxylic acids is 1. The van der Waals surface area contributed by atoms with Crippen LogP contribution in [0, 0.1) is 6.92 Å². The average molecular weight is 231 g/mol. The molecule has 0 bridgehead atoms. The van der Waals surface area contributed by atoms with Crippen molar-refractivity contribution in [3.63, 3.8) is 0 Å². The van der Waals surface area contributed by atoms with Crippen LogP contribution in [0.25, 0.3) is 6.08 Å². The molecular weight excluding hydrogens is 214 g/mol. The molecule has 90 valence electrons. The van der Waals surface area contributed by atoms with Crippen molar-refractivity contribution in [3.8, 4) is 0 Å². The number of benzene rings is 1. The highest BCUT2D eigenvalue weighted by atomic mass is 16.5. The molecule has 0 radical (unpaired) electrons. The zero-order valence-corrected chi connectivity index (χ0v) is 10.1. The van der Waals surface area contributed by atoms with Crippen LogP contribution in [-0.4, -0.2) is 37.1 Å². The summed E-state index contributed by atoms with van der Waals surface area (Å²) in [6.07, 6.45) is 3.49. The molecule has 1 saturated heterocycles. The van der Waals surface area contributed by atoms with Crippen molar-refractivity contribution in [2.45, 2.75) is 6.92 Å². The molecular formula is C14H17NO2. The van der Waals surface area contributed by atoms with Crippen molar-refractivity contribution in [1.82, 2.24) is 4.90 Å². The van der Waals surface area contributed by atoms with Crippen LogP contribution in [-0.2, 0) is 9.53 Å². The molecule has 1 aliphatic rings. The van der Waals surface area contributed by atoms with Gasteiger partial charge in [0.25, 0.3) is 0 Å². The molecule has 17 heavy (non-hydrogen) atoms. The van der Waals surface area contributed by atoms with E-state index in [9.17, 15) is 4.79 Å². The van der Waals surface area contributed by atoms with Crippen LogP contribution in [0.1, 0.15) is 11.1 Å². The van der Waals surface area contributed by atoms with Crippen molar-refractivity contribution in [2.24, 2.45) is 0 Å². The summed E-state index contributed by atoms with van der Waals surface area (Å²) in [7, 11) is 0. The molecule has 1 aromatic rings. The average Bonchev–Trinajstić information content (AvgIpc) is 2.39. The van der Waals surface area contributed by atoms with Gasteiger partial charge in [-0.1, -0.05) is 29.8 Å². The molecule has 1 heterocycles. The fourth-order valence-corrected chi connectivity index (χ4v) is 1.73. The first kappa shape index (κ1) is 11.9. The van der Waals surface area contributed by atoms with Crippen LogP contribution in [0.3, 0.4) is 0 Å². The van der Waals surface area contributed by atoms with E-state index in [-0.39, 0.29) is 5.91 Å². The Labute approximate surface area is 102 Å². The van der Waals surface area contributed by atoms with Crippen molar-refractivity contribution < 1.29 is 9.53 Å². The van der Waals surface area contributed by atoms with Gasteiger partial charge in [-0.15, -0.1) is 0 Å². The van der Waals surface area contributed by atoms with Crippen LogP contribution in [0.5, 0.6) is 0 Å². The van der Waals surface area contributed by atoms with Gasteiger partial charge in [0, 0.05) is 19.2 Å². The van der Waals surface area contributed by atoms with Crippen LogP contribution in [0.2, 0.25) is 0 Å². The molecule has 0 saturated carbocycles. The standard InChI is InChI=1S/C14H17NO2/c1-12-2-4-13(5-3-12)6-7-14(16)15-8-10-17-11-9-15/h2-7H,8-11H2,1H3. The molecule has 1 amide bonds. The van der Waals surface area contributed by atoms with E-state index in [0.29, 0.717) is 26.3 Å². The fraction of sp³-hybridized carbons (Fsp3) is 0.357. The third-order valence-corrected chi connectivity index (χ3v) is 2.82. The first-order chi connectivity index (χ1) is 8.25. The Morgan fingerprint density at radius 2 is 1.88 bits per heavy atom. The predicted octanol–water partition coefficient (Wildman–Crippen LogP) is 1.87. The van der Waals surface area contributed by atoms with Crippen molar-refractivity contribution in [2.75, 3.05) is 26.3 Å². The minimum Gasteiger partial charge on any atom is -0.378 e. The minimum atomic E-state index is 0.0638. The molecule has 0 spiro atoms. The lowest BCUT2D eigenvalue weighted by Crippen LogP contribution is -2.39. The summed E-state index contributed by atoms with van der Waals surface area (Å²) in [6.45, 7) is 4.72. The van der Waals surface area contributed by atoms with E-state index in [4.69, 9.17) is 4.74 Å². The van der Waals surface area contributed by atoms with Crippen LogP contribution in [0.15, 0.2) is 30.3 Å². The molecule has 3 nitrogen and oxygen atoms in total. The summed E-state index contributed by atoms with van der Waals surface area (Å²) in [5, 5.41) is 0. The summed E-state index contributed by atoms with van der Waals surface area (Å²) in [6, 6.07) is 8.11. The number of aryl methyl sites for hydroxylation is 1. The molecule has 1 aliphatic heterocycles. The van der Waals surface area contributed by atoms with E-state index >= 15 is 0 Å². The Morgan fingerprint density at radius 1 is 1.24 bits per heavy atom. The number of hydrogen-bond donors (Lipinski definition) is 0. The molecule has 0 atom stereocenters. The lowest BCUT2D eigenvalue weighted by atomic mass is 10.1. The molecule has 1 fully saturated rings. The van der Waals surface area contributed by atoms with Crippen LogP contribution >= 0.6 is 0 Å². The van der Waals surface area contributed by atoms with Gasteiger partial charge in [-0.3, -0.25) is 4.79 Å². The number of rotatable bonds is 2. The van der Waals surface area contributed by atoms with Gasteiger partial charge in [-0.2, -0.15) is 0 Å². The highest BCUT2D eigenvalue weighted by Gasteiger charge is 2.13. The fourth-order valence-electron chi connectivity index (χ4n) is 1.73. The summed E-state index contributed by atoms with van der Waals surface area (Å²) in [5.41, 5.74) is 2.28. The van der Waals surface area contributed by atoms with Gasteiger partial charge in [0.15, 0.2) is 0 Å². The maximum absolute atomic E-state index is 11.8. The smallest absolute Gasteiger partial charge is 0.246 e. The predicted molar refractivity (Wildman–Crippen MR) is 67.6 cm³/mol. The number of nitrogens with zero attached hydrogens (tertiary/aromatic N) is 1. The third kappa shape index (κ3) is 3.43. The lowest BCUT2D eigenvalue weighted by Gasteiger charge is -2.25. The van der Waals surface area contributed by atoms with Crippen LogP contribution in [0.4, 0.5) is 0 Å². The number of ether oxygens (including phenoxy) is 1. The van der Waals surface area contributed by atoms with Crippen LogP contribution < -0.4 is 0 Å². The number of amides is 1. The second kappa shape index (κ2) is 5.64. The van der Waals surface area contributed by atoms with Gasteiger partial charge in [-0.25, -0.2) is 0 Å². The lowest BCUT2D eigenvalue weighted by molar-refractivity contribution is -0.129. The quantitative estimate of drug-likeness (QED) is 0.727. The molecule has 3 heteroatoms. The summed E-state index contributed by atoms with van der Waals surface area (Å²) >= 11 is 0. The molecule has 0 N–H and O–H groups in total. The molecule has 2 rings (SSSR count). The number of morpholine rings is 1. The maximum atomic E-state index is 11.8. The Kier molecular flexibility index (Phi) is 3.94. The van der Waals surface area contributed by atoms with Crippen molar-refractivity contribution in [1.29, 1.82) is 0 Å². The summed E-state index contributed by atoms with van der Waals surface area (Å²) in [5.74, 6) is 0.0638. The van der Waals surface area contributed by atoms with Gasteiger partial charge in [0.1, 0.15) is 0 Å². The van der Waals surface area contributed by atoms with Gasteiger partial charge < -0.3 is 9.64 Å². The zero-order chi connectivity index (χ0) is 12.1.